The zero-order chi connectivity index (χ0) is 16.1. The van der Waals surface area contributed by atoms with Crippen molar-refractivity contribution < 1.29 is 0 Å². The van der Waals surface area contributed by atoms with E-state index in [1.807, 2.05) is 6.08 Å². The molecular formula is C22H27N. The van der Waals surface area contributed by atoms with Crippen LogP contribution in [0.1, 0.15) is 37.3 Å². The van der Waals surface area contributed by atoms with Gasteiger partial charge in [-0.2, -0.15) is 0 Å². The Balaban J connectivity index is 1.94. The van der Waals surface area contributed by atoms with Gasteiger partial charge >= 0.3 is 0 Å². The molecule has 0 radical (unpaired) electrons. The maximum atomic E-state index is 3.85. The van der Waals surface area contributed by atoms with E-state index in [9.17, 15) is 0 Å². The highest BCUT2D eigenvalue weighted by Gasteiger charge is 2.44. The largest absolute Gasteiger partial charge is 0.299 e. The molecule has 1 unspecified atom stereocenters. The van der Waals surface area contributed by atoms with Crippen LogP contribution in [-0.2, 0) is 5.41 Å². The van der Waals surface area contributed by atoms with Crippen molar-refractivity contribution in [1.29, 1.82) is 0 Å². The lowest BCUT2D eigenvalue weighted by Crippen LogP contribution is -2.33. The normalized spacial score (nSPS) is 20.5. The van der Waals surface area contributed by atoms with Crippen molar-refractivity contribution in [3.05, 3.63) is 84.4 Å². The molecule has 0 amide bonds. The van der Waals surface area contributed by atoms with E-state index >= 15 is 0 Å². The topological polar surface area (TPSA) is 3.24 Å². The second-order valence-electron chi connectivity index (χ2n) is 6.77. The third-order valence-electron chi connectivity index (χ3n) is 5.25. The average molecular weight is 305 g/mol. The number of hydrogen-bond donors (Lipinski definition) is 0. The molecule has 0 saturated carbocycles. The van der Waals surface area contributed by atoms with E-state index in [1.165, 1.54) is 24.0 Å². The molecule has 0 aliphatic carbocycles. The van der Waals surface area contributed by atoms with E-state index in [-0.39, 0.29) is 5.41 Å². The van der Waals surface area contributed by atoms with Crippen molar-refractivity contribution in [2.45, 2.75) is 37.6 Å². The molecule has 2 aromatic rings. The van der Waals surface area contributed by atoms with Gasteiger partial charge in [0, 0.05) is 18.0 Å². The predicted molar refractivity (Wildman–Crippen MR) is 98.7 cm³/mol. The smallest absolute Gasteiger partial charge is 0.0344 e. The summed E-state index contributed by atoms with van der Waals surface area (Å²) in [6.45, 7) is 8.50. The number of rotatable bonds is 6. The average Bonchev–Trinajstić information content (AvgIpc) is 2.95. The van der Waals surface area contributed by atoms with Crippen LogP contribution in [-0.4, -0.2) is 24.0 Å². The second-order valence-corrected chi connectivity index (χ2v) is 6.77. The molecule has 3 rings (SSSR count). The third kappa shape index (κ3) is 3.25. The van der Waals surface area contributed by atoms with Gasteiger partial charge in [-0.05, 0) is 43.9 Å². The Morgan fingerprint density at radius 2 is 1.61 bits per heavy atom. The molecule has 1 aliphatic heterocycles. The van der Waals surface area contributed by atoms with Crippen LogP contribution in [0, 0.1) is 0 Å². The summed E-state index contributed by atoms with van der Waals surface area (Å²) in [5.41, 5.74) is 3.02. The lowest BCUT2D eigenvalue weighted by Gasteiger charge is -2.31. The minimum absolute atomic E-state index is 0.121. The molecule has 2 aromatic carbocycles. The van der Waals surface area contributed by atoms with Gasteiger partial charge in [0.1, 0.15) is 0 Å². The monoisotopic (exact) mass is 305 g/mol. The molecular weight excluding hydrogens is 278 g/mol. The van der Waals surface area contributed by atoms with Crippen molar-refractivity contribution in [3.63, 3.8) is 0 Å². The summed E-state index contributed by atoms with van der Waals surface area (Å²) in [6.07, 6.45) is 5.53. The quantitative estimate of drug-likeness (QED) is 0.534. The molecule has 0 aromatic heterocycles. The van der Waals surface area contributed by atoms with E-state index < -0.39 is 0 Å². The van der Waals surface area contributed by atoms with Crippen molar-refractivity contribution >= 4 is 0 Å². The molecule has 1 nitrogen and oxygen atoms in total. The van der Waals surface area contributed by atoms with Crippen LogP contribution in [0.5, 0.6) is 0 Å². The minimum Gasteiger partial charge on any atom is -0.299 e. The summed E-state index contributed by atoms with van der Waals surface area (Å²) in [7, 11) is 0. The van der Waals surface area contributed by atoms with Crippen molar-refractivity contribution in [3.8, 4) is 0 Å². The Labute approximate surface area is 140 Å². The molecule has 1 heterocycles. The summed E-state index contributed by atoms with van der Waals surface area (Å²) in [6, 6.07) is 22.7. The first-order valence-corrected chi connectivity index (χ1v) is 8.72. The van der Waals surface area contributed by atoms with Gasteiger partial charge in [0.25, 0.3) is 0 Å². The first kappa shape index (κ1) is 16.0. The highest BCUT2D eigenvalue weighted by Crippen LogP contribution is 2.43. The maximum absolute atomic E-state index is 3.85. The molecule has 1 atom stereocenters. The van der Waals surface area contributed by atoms with Gasteiger partial charge in [0.05, 0.1) is 0 Å². The van der Waals surface area contributed by atoms with Gasteiger partial charge in [0.2, 0.25) is 0 Å². The molecule has 1 fully saturated rings. The van der Waals surface area contributed by atoms with Gasteiger partial charge in [0.15, 0.2) is 0 Å². The molecule has 0 N–H and O–H groups in total. The first-order valence-electron chi connectivity index (χ1n) is 8.72. The van der Waals surface area contributed by atoms with Crippen LogP contribution < -0.4 is 0 Å². The fourth-order valence-corrected chi connectivity index (χ4v) is 4.04. The molecule has 1 aliphatic rings. The van der Waals surface area contributed by atoms with Gasteiger partial charge in [-0.1, -0.05) is 66.7 Å². The number of benzene rings is 2. The van der Waals surface area contributed by atoms with Gasteiger partial charge in [-0.3, -0.25) is 4.90 Å². The highest BCUT2D eigenvalue weighted by molar-refractivity contribution is 5.41. The molecule has 120 valence electrons. The van der Waals surface area contributed by atoms with Gasteiger partial charge in [-0.15, -0.1) is 6.58 Å². The Bertz CT molecular complexity index is 577. The molecule has 1 saturated heterocycles. The fourth-order valence-electron chi connectivity index (χ4n) is 4.04. The minimum atomic E-state index is 0.121. The van der Waals surface area contributed by atoms with Crippen LogP contribution in [0.25, 0.3) is 0 Å². The summed E-state index contributed by atoms with van der Waals surface area (Å²) < 4.78 is 0. The van der Waals surface area contributed by atoms with Crippen LogP contribution >= 0.6 is 0 Å². The summed E-state index contributed by atoms with van der Waals surface area (Å²) >= 11 is 0. The van der Waals surface area contributed by atoms with Crippen LogP contribution in [0.15, 0.2) is 73.3 Å². The zero-order valence-electron chi connectivity index (χ0n) is 14.1. The van der Waals surface area contributed by atoms with E-state index in [4.69, 9.17) is 0 Å². The van der Waals surface area contributed by atoms with E-state index in [0.717, 1.165) is 19.5 Å². The third-order valence-corrected chi connectivity index (χ3v) is 5.25. The maximum Gasteiger partial charge on any atom is 0.0344 e. The van der Waals surface area contributed by atoms with Crippen molar-refractivity contribution in [2.75, 3.05) is 13.1 Å². The number of hydrogen-bond acceptors (Lipinski definition) is 1. The van der Waals surface area contributed by atoms with Gasteiger partial charge in [-0.25, -0.2) is 0 Å². The Hall–Kier alpha value is -1.86. The standard InChI is InChI=1S/C22H27N/c1-3-4-11-16-23-18-22(17-19(23)2,20-12-7-5-8-13-20)21-14-9-6-10-15-21/h3,5-10,12-15,19H,1,4,11,16-18H2,2H3. The summed E-state index contributed by atoms with van der Waals surface area (Å²) in [5.74, 6) is 0. The zero-order valence-corrected chi connectivity index (χ0v) is 14.1. The van der Waals surface area contributed by atoms with Crippen molar-refractivity contribution in [2.24, 2.45) is 0 Å². The van der Waals surface area contributed by atoms with E-state index in [1.54, 1.807) is 0 Å². The Morgan fingerprint density at radius 3 is 2.13 bits per heavy atom. The van der Waals surface area contributed by atoms with Gasteiger partial charge < -0.3 is 0 Å². The van der Waals surface area contributed by atoms with Crippen molar-refractivity contribution in [1.82, 2.24) is 4.90 Å². The number of nitrogens with zero attached hydrogens (tertiary/aromatic N) is 1. The molecule has 0 bridgehead atoms. The summed E-state index contributed by atoms with van der Waals surface area (Å²) in [5, 5.41) is 0. The molecule has 23 heavy (non-hydrogen) atoms. The number of unbranched alkanes of at least 4 members (excludes halogenated alkanes) is 1. The van der Waals surface area contributed by atoms with Crippen LogP contribution in [0.3, 0.4) is 0 Å². The number of likely N-dealkylation sites (tertiary alicyclic amines) is 1. The van der Waals surface area contributed by atoms with Crippen LogP contribution in [0.4, 0.5) is 0 Å². The van der Waals surface area contributed by atoms with E-state index in [0.29, 0.717) is 6.04 Å². The van der Waals surface area contributed by atoms with Crippen LogP contribution in [0.2, 0.25) is 0 Å². The SMILES string of the molecule is C=CCCCN1CC(c2ccccc2)(c2ccccc2)CC1C. The molecule has 0 spiro atoms. The first-order chi connectivity index (χ1) is 11.3. The predicted octanol–water partition coefficient (Wildman–Crippen LogP) is 5.03. The Morgan fingerprint density at radius 1 is 1.04 bits per heavy atom. The summed E-state index contributed by atoms with van der Waals surface area (Å²) in [4.78, 5) is 2.66. The number of allylic oxidation sites excluding steroid dienone is 1. The Kier molecular flexibility index (Phi) is 4.97. The second kappa shape index (κ2) is 7.14. The lowest BCUT2D eigenvalue weighted by atomic mass is 9.73. The molecule has 1 heteroatoms. The van der Waals surface area contributed by atoms with E-state index in [2.05, 4.69) is 79.1 Å². The fraction of sp³-hybridized carbons (Fsp3) is 0.364. The lowest BCUT2D eigenvalue weighted by molar-refractivity contribution is 0.261. The highest BCUT2D eigenvalue weighted by atomic mass is 15.2.